The zero-order valence-corrected chi connectivity index (χ0v) is 31.8. The summed E-state index contributed by atoms with van der Waals surface area (Å²) in [7, 11) is 1.63. The van der Waals surface area contributed by atoms with E-state index in [-0.39, 0.29) is 49.3 Å². The van der Waals surface area contributed by atoms with Gasteiger partial charge in [-0.15, -0.1) is 0 Å². The van der Waals surface area contributed by atoms with Crippen LogP contribution >= 0.6 is 0 Å². The third-order valence-corrected chi connectivity index (χ3v) is 9.61. The molecular weight excluding hydrogens is 664 g/mol. The number of carbonyl (C=O) groups is 4. The van der Waals surface area contributed by atoms with Crippen LogP contribution in [-0.2, 0) is 28.6 Å². The molecule has 4 amide bonds. The molecule has 0 unspecified atom stereocenters. The van der Waals surface area contributed by atoms with Crippen molar-refractivity contribution in [1.29, 1.82) is 0 Å². The van der Waals surface area contributed by atoms with E-state index in [1.165, 1.54) is 4.90 Å². The summed E-state index contributed by atoms with van der Waals surface area (Å²) in [5.74, 6) is -1.31. The first-order chi connectivity index (χ1) is 24.7. The largest absolute Gasteiger partial charge is 0.476 e. The predicted octanol–water partition coefficient (Wildman–Crippen LogP) is 5.88. The van der Waals surface area contributed by atoms with E-state index >= 15 is 0 Å². The summed E-state index contributed by atoms with van der Waals surface area (Å²) in [5, 5.41) is 3.21. The molecule has 2 fully saturated rings. The molecule has 0 aromatic heterocycles. The molecule has 52 heavy (non-hydrogen) atoms. The molecule has 2 aliphatic heterocycles. The highest BCUT2D eigenvalue weighted by Crippen LogP contribution is 2.43. The fourth-order valence-corrected chi connectivity index (χ4v) is 6.93. The van der Waals surface area contributed by atoms with E-state index in [2.05, 4.69) is 5.32 Å². The second-order valence-corrected chi connectivity index (χ2v) is 15.5. The topological polar surface area (TPSA) is 127 Å². The Hall–Kier alpha value is -4.16. The molecule has 1 aliphatic carbocycles. The lowest BCUT2D eigenvalue weighted by atomic mass is 9.87. The fraction of sp³-hybridized carbons (Fsp3) is 0.600. The summed E-state index contributed by atoms with van der Waals surface area (Å²) in [6, 6.07) is 14.9. The van der Waals surface area contributed by atoms with Crippen LogP contribution in [0.5, 0.6) is 5.75 Å². The lowest BCUT2D eigenvalue weighted by Crippen LogP contribution is -2.54. The Morgan fingerprint density at radius 3 is 2.40 bits per heavy atom. The Labute approximate surface area is 308 Å². The summed E-state index contributed by atoms with van der Waals surface area (Å²) in [6.45, 7) is 13.1. The fourth-order valence-electron chi connectivity index (χ4n) is 6.93. The van der Waals surface area contributed by atoms with Gasteiger partial charge < -0.3 is 39.0 Å². The maximum atomic E-state index is 14.7. The predicted molar refractivity (Wildman–Crippen MR) is 198 cm³/mol. The summed E-state index contributed by atoms with van der Waals surface area (Å²) in [5.41, 5.74) is 0.410. The molecule has 284 valence electrons. The molecule has 12 nitrogen and oxygen atoms in total. The van der Waals surface area contributed by atoms with Gasteiger partial charge in [-0.25, -0.2) is 4.79 Å². The number of rotatable bonds is 14. The van der Waals surface area contributed by atoms with Gasteiger partial charge in [0, 0.05) is 58.3 Å². The maximum Gasteiger partial charge on any atom is 0.410 e. The number of hydrogen-bond donors (Lipinski definition) is 1. The normalized spacial score (nSPS) is 20.4. The smallest absolute Gasteiger partial charge is 0.410 e. The highest BCUT2D eigenvalue weighted by Gasteiger charge is 2.45. The SMILES string of the molecule is CCOCC[C@@H](NC(=O)[C@H]1C[C@@H](C(=O)N(c2ccc3c(c2)N(CCCOC)C(=O)C(C)(C)O3)C2CC2)CN(C(=O)OC(C)(C)C)C1)c1ccccc1. The Morgan fingerprint density at radius 1 is 1.04 bits per heavy atom. The first-order valence-corrected chi connectivity index (χ1v) is 18.6. The minimum atomic E-state index is -1.04. The molecule has 3 atom stereocenters. The summed E-state index contributed by atoms with van der Waals surface area (Å²) in [4.78, 5) is 60.9. The Balaban J connectivity index is 1.43. The van der Waals surface area contributed by atoms with Crippen LogP contribution in [0.4, 0.5) is 16.2 Å². The highest BCUT2D eigenvalue weighted by molar-refractivity contribution is 6.04. The summed E-state index contributed by atoms with van der Waals surface area (Å²) >= 11 is 0. The minimum absolute atomic E-state index is 0.0330. The van der Waals surface area contributed by atoms with Crippen molar-refractivity contribution in [2.75, 3.05) is 56.4 Å². The molecular formula is C40H56N4O8. The second kappa shape index (κ2) is 16.7. The third-order valence-electron chi connectivity index (χ3n) is 9.61. The number of hydrogen-bond acceptors (Lipinski definition) is 8. The first-order valence-electron chi connectivity index (χ1n) is 18.6. The van der Waals surface area contributed by atoms with E-state index in [0.717, 1.165) is 18.4 Å². The maximum absolute atomic E-state index is 14.7. The van der Waals surface area contributed by atoms with Crippen molar-refractivity contribution in [2.45, 2.75) is 96.9 Å². The van der Waals surface area contributed by atoms with Crippen molar-refractivity contribution in [2.24, 2.45) is 11.8 Å². The highest BCUT2D eigenvalue weighted by atomic mass is 16.6. The number of nitrogens with one attached hydrogen (secondary N) is 1. The minimum Gasteiger partial charge on any atom is -0.476 e. The molecule has 2 heterocycles. The average molecular weight is 721 g/mol. The van der Waals surface area contributed by atoms with Gasteiger partial charge >= 0.3 is 6.09 Å². The van der Waals surface area contributed by atoms with Gasteiger partial charge in [0.1, 0.15) is 11.4 Å². The van der Waals surface area contributed by atoms with Gasteiger partial charge in [-0.05, 0) is 97.4 Å². The van der Waals surface area contributed by atoms with Gasteiger partial charge in [0.2, 0.25) is 11.8 Å². The molecule has 1 N–H and O–H groups in total. The number of nitrogens with zero attached hydrogens (tertiary/aromatic N) is 3. The number of likely N-dealkylation sites (tertiary alicyclic amines) is 1. The summed E-state index contributed by atoms with van der Waals surface area (Å²) < 4.78 is 22.8. The molecule has 1 saturated carbocycles. The molecule has 0 radical (unpaired) electrons. The first kappa shape index (κ1) is 39.1. The van der Waals surface area contributed by atoms with Crippen LogP contribution in [0.25, 0.3) is 0 Å². The average Bonchev–Trinajstić information content (AvgIpc) is 3.94. The van der Waals surface area contributed by atoms with Gasteiger partial charge in [-0.2, -0.15) is 0 Å². The monoisotopic (exact) mass is 720 g/mol. The number of fused-ring (bicyclic) bond motifs is 1. The summed E-state index contributed by atoms with van der Waals surface area (Å²) in [6.07, 6.45) is 2.58. The molecule has 2 aromatic rings. The van der Waals surface area contributed by atoms with Crippen LogP contribution in [0.3, 0.4) is 0 Å². The molecule has 5 rings (SSSR count). The van der Waals surface area contributed by atoms with Crippen molar-refractivity contribution >= 4 is 35.2 Å². The Morgan fingerprint density at radius 2 is 1.75 bits per heavy atom. The number of benzene rings is 2. The number of piperidine rings is 1. The van der Waals surface area contributed by atoms with Gasteiger partial charge in [0.25, 0.3) is 5.91 Å². The van der Waals surface area contributed by atoms with E-state index in [9.17, 15) is 19.2 Å². The van der Waals surface area contributed by atoms with E-state index in [4.69, 9.17) is 18.9 Å². The zero-order valence-electron chi connectivity index (χ0n) is 31.8. The third kappa shape index (κ3) is 9.63. The number of amides is 4. The van der Waals surface area contributed by atoms with E-state index in [1.807, 2.05) is 55.5 Å². The molecule has 0 bridgehead atoms. The standard InChI is InChI=1S/C40H56N4O8/c1-8-50-22-19-32(27-13-10-9-11-14-27)41-35(45)28-23-29(26-42(25-28)38(48)52-39(2,3)4)36(46)44(30-15-16-30)31-17-18-34-33(24-31)43(20-12-21-49-7)37(47)40(5,6)51-34/h9-11,13-14,17-18,24,28-30,32H,8,12,15-16,19-23,25-26H2,1-7H3,(H,41,45)/t28-,29+,32+/m0/s1. The Bertz CT molecular complexity index is 1570. The molecule has 1 saturated heterocycles. The zero-order chi connectivity index (χ0) is 37.6. The van der Waals surface area contributed by atoms with Crippen LogP contribution in [0, 0.1) is 11.8 Å². The second-order valence-electron chi connectivity index (χ2n) is 15.5. The molecule has 3 aliphatic rings. The van der Waals surface area contributed by atoms with Crippen LogP contribution in [0.2, 0.25) is 0 Å². The van der Waals surface area contributed by atoms with Gasteiger partial charge in [-0.1, -0.05) is 30.3 Å². The van der Waals surface area contributed by atoms with Crippen LogP contribution in [-0.4, -0.2) is 92.5 Å². The van der Waals surface area contributed by atoms with Crippen molar-refractivity contribution in [3.05, 3.63) is 54.1 Å². The number of carbonyl (C=O) groups excluding carboxylic acids is 4. The van der Waals surface area contributed by atoms with Crippen LogP contribution in [0.1, 0.15) is 85.3 Å². The molecule has 0 spiro atoms. The number of anilines is 2. The van der Waals surface area contributed by atoms with Crippen molar-refractivity contribution in [3.8, 4) is 5.75 Å². The number of methoxy groups -OCH3 is 1. The van der Waals surface area contributed by atoms with Gasteiger partial charge in [-0.3, -0.25) is 14.4 Å². The van der Waals surface area contributed by atoms with Crippen molar-refractivity contribution < 1.29 is 38.1 Å². The van der Waals surface area contributed by atoms with E-state index in [0.29, 0.717) is 56.3 Å². The lowest BCUT2D eigenvalue weighted by Gasteiger charge is -2.40. The van der Waals surface area contributed by atoms with Crippen molar-refractivity contribution in [3.63, 3.8) is 0 Å². The van der Waals surface area contributed by atoms with E-state index in [1.54, 1.807) is 51.5 Å². The van der Waals surface area contributed by atoms with Crippen molar-refractivity contribution in [1.82, 2.24) is 10.2 Å². The quantitative estimate of drug-likeness (QED) is 0.240. The number of ether oxygens (including phenoxy) is 4. The van der Waals surface area contributed by atoms with Gasteiger partial charge in [0.05, 0.1) is 23.6 Å². The lowest BCUT2D eigenvalue weighted by molar-refractivity contribution is -0.133. The van der Waals surface area contributed by atoms with E-state index < -0.39 is 29.1 Å². The molecule has 2 aromatic carbocycles. The van der Waals surface area contributed by atoms with Crippen LogP contribution in [0.15, 0.2) is 48.5 Å². The van der Waals surface area contributed by atoms with Gasteiger partial charge in [0.15, 0.2) is 5.60 Å². The Kier molecular flexibility index (Phi) is 12.5. The van der Waals surface area contributed by atoms with Crippen LogP contribution < -0.4 is 19.9 Å². The molecule has 12 heteroatoms.